The van der Waals surface area contributed by atoms with Gasteiger partial charge < -0.3 is 10.4 Å². The van der Waals surface area contributed by atoms with E-state index in [-0.39, 0.29) is 6.54 Å². The van der Waals surface area contributed by atoms with Crippen LogP contribution in [0.4, 0.5) is 13.2 Å². The van der Waals surface area contributed by atoms with Crippen molar-refractivity contribution in [3.05, 3.63) is 15.9 Å². The van der Waals surface area contributed by atoms with Crippen molar-refractivity contribution in [1.82, 2.24) is 15.1 Å². The fourth-order valence-electron chi connectivity index (χ4n) is 1.48. The molecule has 8 heteroatoms. The summed E-state index contributed by atoms with van der Waals surface area (Å²) in [5.74, 6) is 0. The van der Waals surface area contributed by atoms with Crippen molar-refractivity contribution in [2.75, 3.05) is 6.54 Å². The number of hydrogen-bond donors (Lipinski definition) is 2. The van der Waals surface area contributed by atoms with Crippen LogP contribution in [0.15, 0.2) is 4.47 Å². The lowest BCUT2D eigenvalue weighted by molar-refractivity contribution is -0.201. The first kappa shape index (κ1) is 15.5. The Morgan fingerprint density at radius 1 is 1.50 bits per heavy atom. The van der Waals surface area contributed by atoms with E-state index in [0.29, 0.717) is 6.54 Å². The SMILES string of the molecule is CCn1nc(C)c(Br)c1CNCC(O)C(F)(F)F. The molecule has 0 saturated carbocycles. The predicted octanol–water partition coefficient (Wildman–Crippen LogP) is 1.99. The zero-order valence-electron chi connectivity index (χ0n) is 10.1. The Bertz CT molecular complexity index is 406. The largest absolute Gasteiger partial charge is 0.415 e. The van der Waals surface area contributed by atoms with E-state index in [4.69, 9.17) is 5.11 Å². The summed E-state index contributed by atoms with van der Waals surface area (Å²) in [4.78, 5) is 0. The highest BCUT2D eigenvalue weighted by Gasteiger charge is 2.37. The minimum Gasteiger partial charge on any atom is -0.382 e. The summed E-state index contributed by atoms with van der Waals surface area (Å²) in [7, 11) is 0. The molecule has 0 saturated heterocycles. The second-order valence-electron chi connectivity index (χ2n) is 3.85. The third kappa shape index (κ3) is 3.69. The number of rotatable bonds is 5. The Balaban J connectivity index is 2.59. The fraction of sp³-hybridized carbons (Fsp3) is 0.700. The summed E-state index contributed by atoms with van der Waals surface area (Å²) in [6.45, 7) is 4.01. The molecule has 0 aliphatic heterocycles. The third-order valence-corrected chi connectivity index (χ3v) is 3.49. The molecule has 1 rings (SSSR count). The molecule has 0 radical (unpaired) electrons. The molecule has 4 nitrogen and oxygen atoms in total. The zero-order chi connectivity index (χ0) is 13.9. The summed E-state index contributed by atoms with van der Waals surface area (Å²) >= 11 is 3.34. The molecule has 1 aromatic rings. The molecular weight excluding hydrogens is 315 g/mol. The van der Waals surface area contributed by atoms with E-state index in [1.54, 1.807) is 4.68 Å². The highest BCUT2D eigenvalue weighted by molar-refractivity contribution is 9.10. The van der Waals surface area contributed by atoms with Crippen molar-refractivity contribution >= 4 is 15.9 Å². The van der Waals surface area contributed by atoms with Gasteiger partial charge in [0, 0.05) is 19.6 Å². The second-order valence-corrected chi connectivity index (χ2v) is 4.64. The number of aliphatic hydroxyl groups excluding tert-OH is 1. The van der Waals surface area contributed by atoms with Crippen LogP contribution in [-0.4, -0.2) is 33.7 Å². The molecule has 104 valence electrons. The van der Waals surface area contributed by atoms with Gasteiger partial charge in [0.25, 0.3) is 0 Å². The van der Waals surface area contributed by atoms with Crippen LogP contribution < -0.4 is 5.32 Å². The molecule has 18 heavy (non-hydrogen) atoms. The van der Waals surface area contributed by atoms with Gasteiger partial charge in [-0.3, -0.25) is 4.68 Å². The second kappa shape index (κ2) is 6.03. The number of nitrogens with zero attached hydrogens (tertiary/aromatic N) is 2. The van der Waals surface area contributed by atoms with E-state index < -0.39 is 18.8 Å². The highest BCUT2D eigenvalue weighted by Crippen LogP contribution is 2.22. The van der Waals surface area contributed by atoms with E-state index in [0.717, 1.165) is 15.9 Å². The predicted molar refractivity (Wildman–Crippen MR) is 64.1 cm³/mol. The van der Waals surface area contributed by atoms with Crippen molar-refractivity contribution in [1.29, 1.82) is 0 Å². The fourth-order valence-corrected chi connectivity index (χ4v) is 1.91. The standard InChI is InChI=1S/C10H15BrF3N3O/c1-3-17-7(9(11)6(2)16-17)4-15-5-8(18)10(12,13)14/h8,15,18H,3-5H2,1-2H3. The number of aliphatic hydroxyl groups is 1. The maximum atomic E-state index is 12.1. The lowest BCUT2D eigenvalue weighted by Gasteiger charge is -2.15. The minimum atomic E-state index is -4.59. The molecule has 0 amide bonds. The lowest BCUT2D eigenvalue weighted by Crippen LogP contribution is -2.38. The molecule has 1 atom stereocenters. The van der Waals surface area contributed by atoms with Gasteiger partial charge in [0.05, 0.1) is 15.9 Å². The Labute approximate surface area is 111 Å². The van der Waals surface area contributed by atoms with Gasteiger partial charge in [-0.1, -0.05) is 0 Å². The van der Waals surface area contributed by atoms with Crippen LogP contribution in [-0.2, 0) is 13.1 Å². The molecule has 2 N–H and O–H groups in total. The van der Waals surface area contributed by atoms with Crippen molar-refractivity contribution in [2.24, 2.45) is 0 Å². The topological polar surface area (TPSA) is 50.1 Å². The van der Waals surface area contributed by atoms with Crippen LogP contribution in [0, 0.1) is 6.92 Å². The molecule has 0 spiro atoms. The van der Waals surface area contributed by atoms with Gasteiger partial charge in [0.15, 0.2) is 6.10 Å². The van der Waals surface area contributed by atoms with Crippen molar-refractivity contribution < 1.29 is 18.3 Å². The van der Waals surface area contributed by atoms with Crippen molar-refractivity contribution in [3.63, 3.8) is 0 Å². The van der Waals surface area contributed by atoms with Gasteiger partial charge >= 0.3 is 6.18 Å². The zero-order valence-corrected chi connectivity index (χ0v) is 11.6. The van der Waals surface area contributed by atoms with Gasteiger partial charge in [-0.15, -0.1) is 0 Å². The number of aryl methyl sites for hydroxylation is 2. The van der Waals surface area contributed by atoms with Gasteiger partial charge in [0.2, 0.25) is 0 Å². The summed E-state index contributed by atoms with van der Waals surface area (Å²) in [6.07, 6.45) is -6.94. The van der Waals surface area contributed by atoms with Gasteiger partial charge in [-0.25, -0.2) is 0 Å². The molecule has 0 bridgehead atoms. The molecule has 0 aliphatic carbocycles. The Hall–Kier alpha value is -0.600. The normalized spacial score (nSPS) is 13.9. The van der Waals surface area contributed by atoms with Crippen LogP contribution in [0.3, 0.4) is 0 Å². The van der Waals surface area contributed by atoms with E-state index in [1.807, 2.05) is 13.8 Å². The van der Waals surface area contributed by atoms with Crippen LogP contribution in [0.5, 0.6) is 0 Å². The highest BCUT2D eigenvalue weighted by atomic mass is 79.9. The quantitative estimate of drug-likeness (QED) is 0.868. The first-order valence-corrected chi connectivity index (χ1v) is 6.24. The molecule has 1 unspecified atom stereocenters. The molecule has 1 aromatic heterocycles. The van der Waals surface area contributed by atoms with Gasteiger partial charge in [-0.05, 0) is 29.8 Å². The summed E-state index contributed by atoms with van der Waals surface area (Å²) < 4.78 is 38.7. The minimum absolute atomic E-state index is 0.211. The molecule has 1 heterocycles. The molecule has 0 aromatic carbocycles. The summed E-state index contributed by atoms with van der Waals surface area (Å²) in [5, 5.41) is 15.6. The van der Waals surface area contributed by atoms with Crippen molar-refractivity contribution in [2.45, 2.75) is 39.2 Å². The van der Waals surface area contributed by atoms with E-state index >= 15 is 0 Å². The van der Waals surface area contributed by atoms with E-state index in [9.17, 15) is 13.2 Å². The first-order chi connectivity index (χ1) is 8.27. The Morgan fingerprint density at radius 2 is 2.11 bits per heavy atom. The number of hydrogen-bond acceptors (Lipinski definition) is 3. The monoisotopic (exact) mass is 329 g/mol. The Kier molecular flexibility index (Phi) is 5.18. The Morgan fingerprint density at radius 3 is 2.61 bits per heavy atom. The van der Waals surface area contributed by atoms with Crippen LogP contribution >= 0.6 is 15.9 Å². The van der Waals surface area contributed by atoms with E-state index in [1.165, 1.54) is 0 Å². The average molecular weight is 330 g/mol. The first-order valence-electron chi connectivity index (χ1n) is 5.44. The number of aromatic nitrogens is 2. The van der Waals surface area contributed by atoms with Gasteiger partial charge in [-0.2, -0.15) is 18.3 Å². The van der Waals surface area contributed by atoms with Crippen molar-refractivity contribution in [3.8, 4) is 0 Å². The van der Waals surface area contributed by atoms with Gasteiger partial charge in [0.1, 0.15) is 0 Å². The third-order valence-electron chi connectivity index (χ3n) is 2.46. The van der Waals surface area contributed by atoms with Crippen LogP contribution in [0.2, 0.25) is 0 Å². The summed E-state index contributed by atoms with van der Waals surface area (Å²) in [6, 6.07) is 0. The number of halogens is 4. The lowest BCUT2D eigenvalue weighted by atomic mass is 10.3. The van der Waals surface area contributed by atoms with Crippen LogP contribution in [0.25, 0.3) is 0 Å². The van der Waals surface area contributed by atoms with E-state index in [2.05, 4.69) is 26.3 Å². The molecular formula is C10H15BrF3N3O. The molecule has 0 fully saturated rings. The smallest absolute Gasteiger partial charge is 0.382 e. The number of nitrogens with one attached hydrogen (secondary N) is 1. The maximum Gasteiger partial charge on any atom is 0.415 e. The van der Waals surface area contributed by atoms with Crippen LogP contribution in [0.1, 0.15) is 18.3 Å². The number of alkyl halides is 3. The summed E-state index contributed by atoms with van der Waals surface area (Å²) in [5.41, 5.74) is 1.55. The molecule has 0 aliphatic rings. The maximum absolute atomic E-state index is 12.1. The average Bonchev–Trinajstić information content (AvgIpc) is 2.55.